The van der Waals surface area contributed by atoms with Crippen LogP contribution in [0, 0.1) is 0 Å². The van der Waals surface area contributed by atoms with Gasteiger partial charge in [0.1, 0.15) is 5.75 Å². The highest BCUT2D eigenvalue weighted by molar-refractivity contribution is 5.76. The summed E-state index contributed by atoms with van der Waals surface area (Å²) in [5.41, 5.74) is 7.79. The van der Waals surface area contributed by atoms with Crippen molar-refractivity contribution in [3.05, 3.63) is 29.3 Å². The van der Waals surface area contributed by atoms with Gasteiger partial charge in [0.15, 0.2) is 0 Å². The Morgan fingerprint density at radius 3 is 2.58 bits per heavy atom. The summed E-state index contributed by atoms with van der Waals surface area (Å²) in [7, 11) is 1.65. The van der Waals surface area contributed by atoms with Crippen LogP contribution in [0.15, 0.2) is 18.2 Å². The van der Waals surface area contributed by atoms with Gasteiger partial charge in [0.25, 0.3) is 0 Å². The number of hydrogen-bond donors (Lipinski definition) is 2. The Bertz CT molecular complexity index is 428. The van der Waals surface area contributed by atoms with Crippen LogP contribution in [0.1, 0.15) is 44.2 Å². The summed E-state index contributed by atoms with van der Waals surface area (Å²) in [6.07, 6.45) is 0.340. The molecule has 0 saturated heterocycles. The molecular formula is C15H24N2O2. The molecule has 0 aromatic heterocycles. The van der Waals surface area contributed by atoms with E-state index in [4.69, 9.17) is 10.5 Å². The van der Waals surface area contributed by atoms with E-state index in [2.05, 4.69) is 25.2 Å². The largest absolute Gasteiger partial charge is 0.496 e. The third-order valence-corrected chi connectivity index (χ3v) is 2.96. The van der Waals surface area contributed by atoms with Crippen LogP contribution in [0.2, 0.25) is 0 Å². The summed E-state index contributed by atoms with van der Waals surface area (Å²) in [5, 5.41) is 2.85. The molecule has 3 N–H and O–H groups in total. The Hall–Kier alpha value is -1.55. The predicted octanol–water partition coefficient (Wildman–Crippen LogP) is 2.17. The zero-order valence-electron chi connectivity index (χ0n) is 12.2. The lowest BCUT2D eigenvalue weighted by atomic mass is 10.0. The van der Waals surface area contributed by atoms with Gasteiger partial charge in [-0.3, -0.25) is 4.79 Å². The maximum absolute atomic E-state index is 11.6. The van der Waals surface area contributed by atoms with Gasteiger partial charge in [-0.05, 0) is 24.5 Å². The topological polar surface area (TPSA) is 64.3 Å². The third kappa shape index (κ3) is 4.91. The highest BCUT2D eigenvalue weighted by Gasteiger charge is 2.09. The first-order valence-corrected chi connectivity index (χ1v) is 6.63. The molecule has 0 saturated carbocycles. The number of benzene rings is 1. The molecule has 1 atom stereocenters. The first kappa shape index (κ1) is 15.5. The fourth-order valence-corrected chi connectivity index (χ4v) is 1.82. The molecular weight excluding hydrogens is 240 g/mol. The van der Waals surface area contributed by atoms with E-state index in [9.17, 15) is 4.79 Å². The zero-order chi connectivity index (χ0) is 14.4. The maximum atomic E-state index is 11.6. The van der Waals surface area contributed by atoms with Crippen LogP contribution >= 0.6 is 0 Å². The van der Waals surface area contributed by atoms with Crippen LogP contribution < -0.4 is 15.8 Å². The number of carbonyl (C=O) groups is 1. The molecule has 1 rings (SSSR count). The number of rotatable bonds is 6. The van der Waals surface area contributed by atoms with Gasteiger partial charge < -0.3 is 15.8 Å². The SMILES string of the molecule is COc1cc(C(C)C)ccc1CNC(=O)CC(C)N. The van der Waals surface area contributed by atoms with Crippen LogP contribution in [0.3, 0.4) is 0 Å². The normalized spacial score (nSPS) is 12.3. The molecule has 0 heterocycles. The van der Waals surface area contributed by atoms with Gasteiger partial charge in [-0.15, -0.1) is 0 Å². The standard InChI is InChI=1S/C15H24N2O2/c1-10(2)12-5-6-13(14(8-12)19-4)9-17-15(18)7-11(3)16/h5-6,8,10-11H,7,9,16H2,1-4H3,(H,17,18). The molecule has 0 fully saturated rings. The Balaban J connectivity index is 2.70. The number of ether oxygens (including phenoxy) is 1. The monoisotopic (exact) mass is 264 g/mol. The first-order valence-electron chi connectivity index (χ1n) is 6.63. The minimum Gasteiger partial charge on any atom is -0.496 e. The molecule has 0 spiro atoms. The highest BCUT2D eigenvalue weighted by Crippen LogP contribution is 2.24. The molecule has 4 nitrogen and oxygen atoms in total. The molecule has 0 aliphatic carbocycles. The molecule has 106 valence electrons. The Labute approximate surface area is 115 Å². The van der Waals surface area contributed by atoms with Crippen molar-refractivity contribution in [1.29, 1.82) is 0 Å². The smallest absolute Gasteiger partial charge is 0.221 e. The summed E-state index contributed by atoms with van der Waals surface area (Å²) in [4.78, 5) is 11.6. The predicted molar refractivity (Wildman–Crippen MR) is 77.2 cm³/mol. The van der Waals surface area contributed by atoms with E-state index in [0.717, 1.165) is 11.3 Å². The lowest BCUT2D eigenvalue weighted by Crippen LogP contribution is -2.29. The highest BCUT2D eigenvalue weighted by atomic mass is 16.5. The average Bonchev–Trinajstić information content (AvgIpc) is 2.35. The number of hydrogen-bond acceptors (Lipinski definition) is 3. The molecule has 19 heavy (non-hydrogen) atoms. The second kappa shape index (κ2) is 7.14. The molecule has 1 amide bonds. The number of carbonyl (C=O) groups excluding carboxylic acids is 1. The van der Waals surface area contributed by atoms with Crippen molar-refractivity contribution in [3.63, 3.8) is 0 Å². The lowest BCUT2D eigenvalue weighted by Gasteiger charge is -2.13. The summed E-state index contributed by atoms with van der Waals surface area (Å²) < 4.78 is 5.37. The van der Waals surface area contributed by atoms with Crippen LogP contribution in [0.4, 0.5) is 0 Å². The van der Waals surface area contributed by atoms with E-state index >= 15 is 0 Å². The van der Waals surface area contributed by atoms with E-state index in [1.807, 2.05) is 19.1 Å². The Morgan fingerprint density at radius 2 is 2.05 bits per heavy atom. The van der Waals surface area contributed by atoms with E-state index in [1.165, 1.54) is 5.56 Å². The van der Waals surface area contributed by atoms with Gasteiger partial charge in [-0.2, -0.15) is 0 Å². The van der Waals surface area contributed by atoms with Crippen molar-refractivity contribution in [2.45, 2.75) is 45.7 Å². The van der Waals surface area contributed by atoms with E-state index in [0.29, 0.717) is 18.9 Å². The second-order valence-electron chi connectivity index (χ2n) is 5.18. The second-order valence-corrected chi connectivity index (χ2v) is 5.18. The summed E-state index contributed by atoms with van der Waals surface area (Å²) in [6.45, 7) is 6.56. The maximum Gasteiger partial charge on any atom is 0.221 e. The Morgan fingerprint density at radius 1 is 1.37 bits per heavy atom. The van der Waals surface area contributed by atoms with Crippen molar-refractivity contribution in [3.8, 4) is 5.75 Å². The van der Waals surface area contributed by atoms with E-state index < -0.39 is 0 Å². The fraction of sp³-hybridized carbons (Fsp3) is 0.533. The molecule has 0 radical (unpaired) electrons. The third-order valence-electron chi connectivity index (χ3n) is 2.96. The van der Waals surface area contributed by atoms with Gasteiger partial charge in [-0.25, -0.2) is 0 Å². The molecule has 4 heteroatoms. The van der Waals surface area contributed by atoms with E-state index in [1.54, 1.807) is 7.11 Å². The van der Waals surface area contributed by atoms with Gasteiger partial charge in [0.05, 0.1) is 7.11 Å². The molecule has 1 unspecified atom stereocenters. The van der Waals surface area contributed by atoms with Gasteiger partial charge in [0.2, 0.25) is 5.91 Å². The zero-order valence-corrected chi connectivity index (χ0v) is 12.2. The first-order chi connectivity index (χ1) is 8.93. The number of nitrogens with two attached hydrogens (primary N) is 1. The van der Waals surface area contributed by atoms with Crippen LogP contribution in [-0.2, 0) is 11.3 Å². The lowest BCUT2D eigenvalue weighted by molar-refractivity contribution is -0.121. The molecule has 1 aromatic carbocycles. The number of methoxy groups -OCH3 is 1. The molecule has 1 aromatic rings. The average molecular weight is 264 g/mol. The minimum atomic E-state index is -0.120. The number of nitrogens with one attached hydrogen (secondary N) is 1. The Kier molecular flexibility index (Phi) is 5.83. The molecule has 0 bridgehead atoms. The fourth-order valence-electron chi connectivity index (χ4n) is 1.82. The van der Waals surface area contributed by atoms with E-state index in [-0.39, 0.29) is 11.9 Å². The minimum absolute atomic E-state index is 0.0370. The van der Waals surface area contributed by atoms with Crippen LogP contribution in [-0.4, -0.2) is 19.1 Å². The van der Waals surface area contributed by atoms with Crippen molar-refractivity contribution < 1.29 is 9.53 Å². The van der Waals surface area contributed by atoms with Crippen molar-refractivity contribution in [1.82, 2.24) is 5.32 Å². The van der Waals surface area contributed by atoms with Gasteiger partial charge in [0, 0.05) is 24.6 Å². The van der Waals surface area contributed by atoms with Crippen molar-refractivity contribution >= 4 is 5.91 Å². The molecule has 0 aliphatic heterocycles. The van der Waals surface area contributed by atoms with Crippen molar-refractivity contribution in [2.24, 2.45) is 5.73 Å². The summed E-state index contributed by atoms with van der Waals surface area (Å²) >= 11 is 0. The van der Waals surface area contributed by atoms with Crippen LogP contribution in [0.25, 0.3) is 0 Å². The van der Waals surface area contributed by atoms with Gasteiger partial charge >= 0.3 is 0 Å². The summed E-state index contributed by atoms with van der Waals surface area (Å²) in [5.74, 6) is 1.23. The number of amides is 1. The quantitative estimate of drug-likeness (QED) is 0.827. The van der Waals surface area contributed by atoms with Crippen LogP contribution in [0.5, 0.6) is 5.75 Å². The van der Waals surface area contributed by atoms with Gasteiger partial charge in [-0.1, -0.05) is 26.0 Å². The molecule has 0 aliphatic rings. The van der Waals surface area contributed by atoms with Crippen molar-refractivity contribution in [2.75, 3.05) is 7.11 Å². The summed E-state index contributed by atoms with van der Waals surface area (Å²) in [6, 6.07) is 5.98.